The van der Waals surface area contributed by atoms with Crippen molar-refractivity contribution in [3.05, 3.63) is 0 Å². The maximum absolute atomic E-state index is 11.9. The van der Waals surface area contributed by atoms with Crippen LogP contribution < -0.4 is 5.32 Å². The lowest BCUT2D eigenvalue weighted by molar-refractivity contribution is -0.129. The van der Waals surface area contributed by atoms with Gasteiger partial charge in [-0.25, -0.2) is 0 Å². The summed E-state index contributed by atoms with van der Waals surface area (Å²) in [6.07, 6.45) is 1.21. The zero-order valence-corrected chi connectivity index (χ0v) is 10.8. The van der Waals surface area contributed by atoms with Gasteiger partial charge in [-0.05, 0) is 20.0 Å². The first-order chi connectivity index (χ1) is 7.75. The summed E-state index contributed by atoms with van der Waals surface area (Å²) in [7, 11) is 2.11. The first-order valence-electron chi connectivity index (χ1n) is 6.04. The van der Waals surface area contributed by atoms with E-state index in [0.29, 0.717) is 16.9 Å². The Kier molecular flexibility index (Phi) is 4.49. The van der Waals surface area contributed by atoms with Crippen molar-refractivity contribution in [1.82, 2.24) is 15.1 Å². The number of nitrogens with one attached hydrogen (secondary N) is 1. The van der Waals surface area contributed by atoms with E-state index in [2.05, 4.69) is 17.3 Å². The highest BCUT2D eigenvalue weighted by Gasteiger charge is 2.21. The molecule has 16 heavy (non-hydrogen) atoms. The van der Waals surface area contributed by atoms with Crippen LogP contribution in [-0.4, -0.2) is 73.0 Å². The molecule has 2 heterocycles. The Morgan fingerprint density at radius 1 is 1.38 bits per heavy atom. The summed E-state index contributed by atoms with van der Waals surface area (Å²) in [4.78, 5) is 16.2. The Morgan fingerprint density at radius 3 is 2.75 bits per heavy atom. The zero-order valence-electron chi connectivity index (χ0n) is 9.95. The molecule has 0 aromatic carbocycles. The second kappa shape index (κ2) is 5.89. The van der Waals surface area contributed by atoms with Crippen LogP contribution >= 0.6 is 11.8 Å². The van der Waals surface area contributed by atoms with Crippen LogP contribution in [0, 0.1) is 0 Å². The third-order valence-corrected chi connectivity index (χ3v) is 4.60. The number of likely N-dealkylation sites (N-methyl/N-ethyl adjacent to an activating group) is 1. The van der Waals surface area contributed by atoms with Crippen molar-refractivity contribution in [3.63, 3.8) is 0 Å². The second-order valence-corrected chi connectivity index (χ2v) is 5.90. The smallest absolute Gasteiger partial charge is 0.232 e. The Hall–Kier alpha value is -0.260. The van der Waals surface area contributed by atoms with Gasteiger partial charge in [0.25, 0.3) is 0 Å². The molecule has 1 N–H and O–H groups in total. The average Bonchev–Trinajstić information content (AvgIpc) is 2.80. The molecule has 0 spiro atoms. The maximum atomic E-state index is 11.9. The van der Waals surface area contributed by atoms with Gasteiger partial charge in [0.1, 0.15) is 0 Å². The van der Waals surface area contributed by atoms with Crippen molar-refractivity contribution in [2.24, 2.45) is 0 Å². The van der Waals surface area contributed by atoms with Crippen LogP contribution in [0.4, 0.5) is 0 Å². The molecule has 92 valence electrons. The molecule has 0 aromatic rings. The highest BCUT2D eigenvalue weighted by molar-refractivity contribution is 8.00. The van der Waals surface area contributed by atoms with Gasteiger partial charge in [0.05, 0.1) is 5.75 Å². The van der Waals surface area contributed by atoms with Gasteiger partial charge in [0.15, 0.2) is 0 Å². The van der Waals surface area contributed by atoms with E-state index in [-0.39, 0.29) is 0 Å². The molecule has 5 heteroatoms. The third-order valence-electron chi connectivity index (χ3n) is 3.31. The van der Waals surface area contributed by atoms with Gasteiger partial charge >= 0.3 is 0 Å². The normalized spacial score (nSPS) is 27.3. The Balaban J connectivity index is 1.67. The summed E-state index contributed by atoms with van der Waals surface area (Å²) >= 11 is 1.82. The molecule has 0 aliphatic carbocycles. The summed E-state index contributed by atoms with van der Waals surface area (Å²) in [5.74, 6) is 0.987. The molecule has 4 nitrogen and oxygen atoms in total. The molecule has 2 aliphatic rings. The summed E-state index contributed by atoms with van der Waals surface area (Å²) < 4.78 is 0. The van der Waals surface area contributed by atoms with Crippen molar-refractivity contribution in [1.29, 1.82) is 0 Å². The van der Waals surface area contributed by atoms with E-state index in [4.69, 9.17) is 0 Å². The van der Waals surface area contributed by atoms with Crippen molar-refractivity contribution in [2.75, 3.05) is 52.1 Å². The molecule has 2 aliphatic heterocycles. The largest absolute Gasteiger partial charge is 0.339 e. The highest BCUT2D eigenvalue weighted by atomic mass is 32.2. The fourth-order valence-corrected chi connectivity index (χ4v) is 3.19. The number of nitrogens with zero attached hydrogens (tertiary/aromatic N) is 2. The number of carbonyl (C=O) groups is 1. The monoisotopic (exact) mass is 243 g/mol. The van der Waals surface area contributed by atoms with Crippen molar-refractivity contribution < 1.29 is 4.79 Å². The third kappa shape index (κ3) is 3.37. The molecule has 1 amide bonds. The van der Waals surface area contributed by atoms with E-state index in [1.807, 2.05) is 16.7 Å². The molecule has 1 atom stereocenters. The number of piperazine rings is 1. The van der Waals surface area contributed by atoms with Crippen LogP contribution in [0.15, 0.2) is 0 Å². The first-order valence-corrected chi connectivity index (χ1v) is 7.09. The van der Waals surface area contributed by atoms with E-state index in [1.165, 1.54) is 6.42 Å². The van der Waals surface area contributed by atoms with Gasteiger partial charge in [-0.1, -0.05) is 0 Å². The minimum atomic E-state index is 0.324. The number of hydrogen-bond donors (Lipinski definition) is 1. The lowest BCUT2D eigenvalue weighted by Crippen LogP contribution is -2.47. The van der Waals surface area contributed by atoms with Gasteiger partial charge in [0.2, 0.25) is 5.91 Å². The lowest BCUT2D eigenvalue weighted by Gasteiger charge is -2.32. The summed E-state index contributed by atoms with van der Waals surface area (Å²) in [6.45, 7) is 6.02. The van der Waals surface area contributed by atoms with Gasteiger partial charge in [-0.3, -0.25) is 4.79 Å². The minimum Gasteiger partial charge on any atom is -0.339 e. The summed E-state index contributed by atoms with van der Waals surface area (Å²) in [6, 6.07) is 0. The second-order valence-electron chi connectivity index (χ2n) is 4.61. The van der Waals surface area contributed by atoms with E-state index in [0.717, 1.165) is 39.3 Å². The SMILES string of the molecule is CN1CCN(C(=O)CSC2CCNC2)CC1. The number of hydrogen-bond acceptors (Lipinski definition) is 4. The zero-order chi connectivity index (χ0) is 11.4. The molecule has 1 unspecified atom stereocenters. The molecular formula is C11H21N3OS. The van der Waals surface area contributed by atoms with E-state index in [1.54, 1.807) is 0 Å². The molecule has 2 rings (SSSR count). The number of thioether (sulfide) groups is 1. The minimum absolute atomic E-state index is 0.324. The standard InChI is InChI=1S/C11H21N3OS/c1-13-4-6-14(7-5-13)11(15)9-16-10-2-3-12-8-10/h10,12H,2-9H2,1H3. The van der Waals surface area contributed by atoms with E-state index < -0.39 is 0 Å². The predicted molar refractivity (Wildman–Crippen MR) is 67.8 cm³/mol. The van der Waals surface area contributed by atoms with Gasteiger partial charge in [-0.2, -0.15) is 0 Å². The summed E-state index contributed by atoms with van der Waals surface area (Å²) in [5, 5.41) is 3.98. The quantitative estimate of drug-likeness (QED) is 0.748. The van der Waals surface area contributed by atoms with Crippen LogP contribution in [0.25, 0.3) is 0 Å². The van der Waals surface area contributed by atoms with Crippen LogP contribution in [-0.2, 0) is 4.79 Å². The van der Waals surface area contributed by atoms with Gasteiger partial charge in [0, 0.05) is 38.0 Å². The molecule has 0 aromatic heterocycles. The topological polar surface area (TPSA) is 35.6 Å². The van der Waals surface area contributed by atoms with Crippen LogP contribution in [0.3, 0.4) is 0 Å². The van der Waals surface area contributed by atoms with Gasteiger partial charge in [-0.15, -0.1) is 11.8 Å². The fourth-order valence-electron chi connectivity index (χ4n) is 2.11. The molecule has 2 fully saturated rings. The van der Waals surface area contributed by atoms with Crippen molar-refractivity contribution in [2.45, 2.75) is 11.7 Å². The van der Waals surface area contributed by atoms with Crippen molar-refractivity contribution in [3.8, 4) is 0 Å². The van der Waals surface area contributed by atoms with Crippen LogP contribution in [0.2, 0.25) is 0 Å². The van der Waals surface area contributed by atoms with E-state index >= 15 is 0 Å². The highest BCUT2D eigenvalue weighted by Crippen LogP contribution is 2.17. The average molecular weight is 243 g/mol. The Morgan fingerprint density at radius 2 is 2.12 bits per heavy atom. The number of amides is 1. The summed E-state index contributed by atoms with van der Waals surface area (Å²) in [5.41, 5.74) is 0. The Bertz CT molecular complexity index is 235. The molecule has 0 saturated carbocycles. The van der Waals surface area contributed by atoms with Gasteiger partial charge < -0.3 is 15.1 Å². The van der Waals surface area contributed by atoms with Crippen LogP contribution in [0.5, 0.6) is 0 Å². The first kappa shape index (κ1) is 12.2. The molecule has 2 saturated heterocycles. The Labute approximate surface area is 102 Å². The fraction of sp³-hybridized carbons (Fsp3) is 0.909. The number of carbonyl (C=O) groups excluding carboxylic acids is 1. The van der Waals surface area contributed by atoms with Crippen molar-refractivity contribution >= 4 is 17.7 Å². The molecular weight excluding hydrogens is 222 g/mol. The molecule has 0 radical (unpaired) electrons. The predicted octanol–water partition coefficient (Wildman–Crippen LogP) is -0.144. The molecule has 0 bridgehead atoms. The lowest BCUT2D eigenvalue weighted by atomic mass is 10.3. The van der Waals surface area contributed by atoms with E-state index in [9.17, 15) is 4.79 Å². The number of rotatable bonds is 3. The maximum Gasteiger partial charge on any atom is 0.232 e. The van der Waals surface area contributed by atoms with Crippen LogP contribution in [0.1, 0.15) is 6.42 Å².